The zero-order valence-corrected chi connectivity index (χ0v) is 7.16. The van der Waals surface area contributed by atoms with Crippen LogP contribution in [0.2, 0.25) is 0 Å². The van der Waals surface area contributed by atoms with E-state index in [2.05, 4.69) is 11.1 Å². The Bertz CT molecular complexity index is 479. The van der Waals surface area contributed by atoms with Gasteiger partial charge in [-0.25, -0.2) is 0 Å². The summed E-state index contributed by atoms with van der Waals surface area (Å²) in [5.74, 6) is 0.767. The van der Waals surface area contributed by atoms with Gasteiger partial charge in [0, 0.05) is 17.1 Å². The molecule has 0 amide bonds. The van der Waals surface area contributed by atoms with Crippen LogP contribution in [0, 0.1) is 11.3 Å². The number of fused-ring (bicyclic) bond motifs is 1. The molecule has 0 fully saturated rings. The summed E-state index contributed by atoms with van der Waals surface area (Å²) < 4.78 is 5.07. The molecule has 13 heavy (non-hydrogen) atoms. The lowest BCUT2D eigenvalue weighted by atomic mass is 10.2. The summed E-state index contributed by atoms with van der Waals surface area (Å²) in [6, 6.07) is 7.72. The molecule has 1 aromatic carbocycles. The highest BCUT2D eigenvalue weighted by Gasteiger charge is 2.03. The van der Waals surface area contributed by atoms with Crippen molar-refractivity contribution in [1.29, 1.82) is 5.26 Å². The molecule has 2 rings (SSSR count). The van der Waals surface area contributed by atoms with Gasteiger partial charge in [0.2, 0.25) is 0 Å². The maximum atomic E-state index is 8.78. The first-order valence-electron chi connectivity index (χ1n) is 3.90. The predicted octanol–water partition coefficient (Wildman–Crippen LogP) is 2.05. The van der Waals surface area contributed by atoms with Crippen molar-refractivity contribution in [1.82, 2.24) is 4.98 Å². The zero-order chi connectivity index (χ0) is 9.26. The normalized spacial score (nSPS) is 9.85. The molecule has 0 radical (unpaired) electrons. The van der Waals surface area contributed by atoms with Crippen molar-refractivity contribution in [3.05, 3.63) is 30.0 Å². The van der Waals surface area contributed by atoms with Crippen molar-refractivity contribution >= 4 is 10.9 Å². The number of ether oxygens (including phenoxy) is 1. The first-order chi connectivity index (χ1) is 6.35. The van der Waals surface area contributed by atoms with E-state index in [1.54, 1.807) is 13.3 Å². The van der Waals surface area contributed by atoms with Gasteiger partial charge in [-0.3, -0.25) is 0 Å². The summed E-state index contributed by atoms with van der Waals surface area (Å²) in [4.78, 5) is 3.01. The van der Waals surface area contributed by atoms with E-state index in [0.29, 0.717) is 5.56 Å². The molecule has 0 aliphatic heterocycles. The fourth-order valence-electron chi connectivity index (χ4n) is 1.32. The molecule has 3 nitrogen and oxygen atoms in total. The second kappa shape index (κ2) is 2.83. The quantitative estimate of drug-likeness (QED) is 0.715. The van der Waals surface area contributed by atoms with Crippen LogP contribution in [0.4, 0.5) is 0 Å². The molecule has 2 aromatic rings. The first kappa shape index (κ1) is 7.69. The van der Waals surface area contributed by atoms with Crippen molar-refractivity contribution in [2.75, 3.05) is 7.11 Å². The van der Waals surface area contributed by atoms with Crippen molar-refractivity contribution in [3.8, 4) is 11.8 Å². The van der Waals surface area contributed by atoms with Crippen LogP contribution >= 0.6 is 0 Å². The van der Waals surface area contributed by atoms with Crippen molar-refractivity contribution < 1.29 is 4.74 Å². The number of hydrogen-bond acceptors (Lipinski definition) is 2. The molecule has 0 spiro atoms. The molecule has 0 atom stereocenters. The van der Waals surface area contributed by atoms with Crippen LogP contribution in [0.5, 0.6) is 5.75 Å². The number of aromatic nitrogens is 1. The van der Waals surface area contributed by atoms with Gasteiger partial charge in [0.15, 0.2) is 0 Å². The molecule has 1 N–H and O–H groups in total. The van der Waals surface area contributed by atoms with Gasteiger partial charge in [-0.1, -0.05) is 0 Å². The average molecular weight is 172 g/mol. The third kappa shape index (κ3) is 1.13. The van der Waals surface area contributed by atoms with E-state index >= 15 is 0 Å². The lowest BCUT2D eigenvalue weighted by Crippen LogP contribution is -1.81. The summed E-state index contributed by atoms with van der Waals surface area (Å²) in [7, 11) is 1.61. The maximum absolute atomic E-state index is 8.78. The fraction of sp³-hybridized carbons (Fsp3) is 0.100. The van der Waals surface area contributed by atoms with Crippen molar-refractivity contribution in [3.63, 3.8) is 0 Å². The third-order valence-corrected chi connectivity index (χ3v) is 2.01. The van der Waals surface area contributed by atoms with E-state index < -0.39 is 0 Å². The standard InChI is InChI=1S/C10H8N2O/c1-13-8-2-3-10-9(4-8)7(5-11)6-12-10/h2-4,6,12H,1H3. The smallest absolute Gasteiger partial charge is 0.119 e. The Balaban J connectivity index is 2.73. The van der Waals surface area contributed by atoms with Crippen LogP contribution in [-0.2, 0) is 0 Å². The molecule has 0 saturated carbocycles. The minimum absolute atomic E-state index is 0.647. The molecule has 3 heteroatoms. The average Bonchev–Trinajstić information content (AvgIpc) is 2.59. The topological polar surface area (TPSA) is 48.8 Å². The second-order valence-corrected chi connectivity index (χ2v) is 2.73. The predicted molar refractivity (Wildman–Crippen MR) is 49.6 cm³/mol. The van der Waals surface area contributed by atoms with Gasteiger partial charge in [-0.2, -0.15) is 5.26 Å². The maximum Gasteiger partial charge on any atom is 0.119 e. The molecule has 0 aliphatic carbocycles. The Morgan fingerprint density at radius 2 is 2.31 bits per heavy atom. The van der Waals surface area contributed by atoms with Gasteiger partial charge >= 0.3 is 0 Å². The number of H-pyrrole nitrogens is 1. The van der Waals surface area contributed by atoms with Gasteiger partial charge in [0.1, 0.15) is 11.8 Å². The fourth-order valence-corrected chi connectivity index (χ4v) is 1.32. The van der Waals surface area contributed by atoms with E-state index in [9.17, 15) is 0 Å². The number of nitrogens with one attached hydrogen (secondary N) is 1. The van der Waals surface area contributed by atoms with Crippen LogP contribution in [0.1, 0.15) is 5.56 Å². The third-order valence-electron chi connectivity index (χ3n) is 2.01. The number of aromatic amines is 1. The summed E-state index contributed by atoms with van der Waals surface area (Å²) in [5.41, 5.74) is 1.60. The number of hydrogen-bond donors (Lipinski definition) is 1. The largest absolute Gasteiger partial charge is 0.497 e. The minimum atomic E-state index is 0.647. The Labute approximate surface area is 75.6 Å². The lowest BCUT2D eigenvalue weighted by Gasteiger charge is -1.98. The van der Waals surface area contributed by atoms with Crippen molar-refractivity contribution in [2.45, 2.75) is 0 Å². The molecule has 0 bridgehead atoms. The van der Waals surface area contributed by atoms with Gasteiger partial charge in [0.05, 0.1) is 12.7 Å². The Morgan fingerprint density at radius 1 is 1.46 bits per heavy atom. The number of benzene rings is 1. The van der Waals surface area contributed by atoms with Crippen LogP contribution in [-0.4, -0.2) is 12.1 Å². The number of methoxy groups -OCH3 is 1. The molecule has 0 unspecified atom stereocenters. The van der Waals surface area contributed by atoms with Gasteiger partial charge in [0.25, 0.3) is 0 Å². The second-order valence-electron chi connectivity index (χ2n) is 2.73. The monoisotopic (exact) mass is 172 g/mol. The van der Waals surface area contributed by atoms with E-state index in [1.807, 2.05) is 18.2 Å². The van der Waals surface area contributed by atoms with E-state index in [0.717, 1.165) is 16.7 Å². The van der Waals surface area contributed by atoms with Crippen LogP contribution < -0.4 is 4.74 Å². The van der Waals surface area contributed by atoms with Gasteiger partial charge in [-0.05, 0) is 18.2 Å². The molecule has 0 aliphatic rings. The Kier molecular flexibility index (Phi) is 1.67. The molecule has 0 saturated heterocycles. The highest BCUT2D eigenvalue weighted by atomic mass is 16.5. The molecule has 1 aromatic heterocycles. The number of nitriles is 1. The lowest BCUT2D eigenvalue weighted by molar-refractivity contribution is 0.415. The summed E-state index contributed by atoms with van der Waals surface area (Å²) in [5, 5.41) is 9.68. The SMILES string of the molecule is COc1ccc2[nH]cc(C#N)c2c1. The summed E-state index contributed by atoms with van der Waals surface area (Å²) in [6.45, 7) is 0. The Morgan fingerprint density at radius 3 is 3.00 bits per heavy atom. The van der Waals surface area contributed by atoms with Gasteiger partial charge in [-0.15, -0.1) is 0 Å². The summed E-state index contributed by atoms with van der Waals surface area (Å²) >= 11 is 0. The van der Waals surface area contributed by atoms with Crippen LogP contribution in [0.3, 0.4) is 0 Å². The van der Waals surface area contributed by atoms with E-state index in [4.69, 9.17) is 10.00 Å². The molecule has 64 valence electrons. The molecule has 1 heterocycles. The van der Waals surface area contributed by atoms with Crippen molar-refractivity contribution in [2.24, 2.45) is 0 Å². The van der Waals surface area contributed by atoms with E-state index in [-0.39, 0.29) is 0 Å². The van der Waals surface area contributed by atoms with E-state index in [1.165, 1.54) is 0 Å². The van der Waals surface area contributed by atoms with Crippen LogP contribution in [0.25, 0.3) is 10.9 Å². The minimum Gasteiger partial charge on any atom is -0.497 e. The zero-order valence-electron chi connectivity index (χ0n) is 7.16. The first-order valence-corrected chi connectivity index (χ1v) is 3.90. The van der Waals surface area contributed by atoms with Crippen LogP contribution in [0.15, 0.2) is 24.4 Å². The Hall–Kier alpha value is -1.95. The van der Waals surface area contributed by atoms with Gasteiger partial charge < -0.3 is 9.72 Å². The molecular formula is C10H8N2O. The number of nitrogens with zero attached hydrogens (tertiary/aromatic N) is 1. The molecular weight excluding hydrogens is 164 g/mol. The highest BCUT2D eigenvalue weighted by Crippen LogP contribution is 2.22. The highest BCUT2D eigenvalue weighted by molar-refractivity contribution is 5.86. The summed E-state index contributed by atoms with van der Waals surface area (Å²) in [6.07, 6.45) is 1.70. The number of rotatable bonds is 1.